The van der Waals surface area contributed by atoms with E-state index in [1.807, 2.05) is 24.0 Å². The Morgan fingerprint density at radius 1 is 0.966 bits per heavy atom. The molecule has 0 amide bonds. The zero-order valence-corrected chi connectivity index (χ0v) is 19.2. The molecular weight excluding hydrogens is 427 g/mol. The molecule has 8 heteroatoms. The molecule has 0 aliphatic carbocycles. The van der Waals surface area contributed by atoms with Gasteiger partial charge in [-0.25, -0.2) is 4.98 Å². The fourth-order valence-electron chi connectivity index (χ4n) is 4.08. The van der Waals surface area contributed by atoms with Gasteiger partial charge >= 0.3 is 0 Å². The van der Waals surface area contributed by atoms with Crippen molar-refractivity contribution in [1.29, 1.82) is 0 Å². The summed E-state index contributed by atoms with van der Waals surface area (Å²) in [4.78, 5) is 13.1. The zero-order valence-electron chi connectivity index (χ0n) is 16.9. The second-order valence-corrected chi connectivity index (χ2v) is 8.48. The van der Waals surface area contributed by atoms with E-state index in [0.29, 0.717) is 0 Å². The lowest BCUT2D eigenvalue weighted by Crippen LogP contribution is -3.28. The number of anilines is 2. The summed E-state index contributed by atoms with van der Waals surface area (Å²) >= 11 is 1.83. The summed E-state index contributed by atoms with van der Waals surface area (Å²) in [6, 6.07) is 12.9. The summed E-state index contributed by atoms with van der Waals surface area (Å²) in [7, 11) is 1.80. The van der Waals surface area contributed by atoms with Gasteiger partial charge in [-0.3, -0.25) is 0 Å². The molecule has 0 spiro atoms. The third-order valence-electron chi connectivity index (χ3n) is 5.62. The Morgan fingerprint density at radius 2 is 1.66 bits per heavy atom. The largest absolute Gasteiger partial charge is 1.00 e. The van der Waals surface area contributed by atoms with Crippen LogP contribution in [0.15, 0.2) is 52.4 Å². The number of nitrogens with zero attached hydrogens (tertiary/aromatic N) is 2. The smallest absolute Gasteiger partial charge is 0.147 e. The van der Waals surface area contributed by atoms with Crippen LogP contribution in [0.3, 0.4) is 0 Å². The number of benzene rings is 1. The van der Waals surface area contributed by atoms with Gasteiger partial charge in [0.25, 0.3) is 0 Å². The average molecular weight is 457 g/mol. The molecule has 0 atom stereocenters. The fourth-order valence-corrected chi connectivity index (χ4v) is 5.15. The molecule has 1 aromatic heterocycles. The summed E-state index contributed by atoms with van der Waals surface area (Å²) in [5, 5.41) is 0. The van der Waals surface area contributed by atoms with Gasteiger partial charge in [-0.15, -0.1) is 0 Å². The Balaban J connectivity index is 0.00000150. The van der Waals surface area contributed by atoms with Crippen LogP contribution >= 0.6 is 11.8 Å². The predicted octanol–water partition coefficient (Wildman–Crippen LogP) is -5.49. The van der Waals surface area contributed by atoms with E-state index in [4.69, 9.17) is 4.74 Å². The number of pyridine rings is 1. The lowest BCUT2D eigenvalue weighted by molar-refractivity contribution is -1.01. The summed E-state index contributed by atoms with van der Waals surface area (Å²) in [6.07, 6.45) is 3.10. The quantitative estimate of drug-likeness (QED) is 0.435. The molecule has 5 nitrogen and oxygen atoms in total. The van der Waals surface area contributed by atoms with E-state index in [1.165, 1.54) is 54.6 Å². The van der Waals surface area contributed by atoms with Gasteiger partial charge in [-0.1, -0.05) is 23.9 Å². The molecule has 4 rings (SSSR count). The number of halogens is 2. The van der Waals surface area contributed by atoms with Crippen molar-refractivity contribution in [3.63, 3.8) is 0 Å². The van der Waals surface area contributed by atoms with Crippen molar-refractivity contribution in [2.75, 3.05) is 64.4 Å². The van der Waals surface area contributed by atoms with Crippen LogP contribution in [0.1, 0.15) is 6.42 Å². The number of rotatable bonds is 7. The summed E-state index contributed by atoms with van der Waals surface area (Å²) in [5.74, 6) is 1.12. The Bertz CT molecular complexity index is 713. The zero-order chi connectivity index (χ0) is 18.5. The molecule has 3 heterocycles. The van der Waals surface area contributed by atoms with Gasteiger partial charge in [0, 0.05) is 31.2 Å². The topological polar surface area (TPSA) is 34.2 Å². The number of piperazine rings is 1. The maximum absolute atomic E-state index is 5.22. The number of para-hydroxylation sites is 1. The number of quaternary nitrogens is 2. The molecule has 2 aliphatic heterocycles. The molecular formula is C21H30Cl2N4OS. The molecule has 2 N–H and O–H groups in total. The van der Waals surface area contributed by atoms with E-state index in [9.17, 15) is 0 Å². The van der Waals surface area contributed by atoms with Crippen molar-refractivity contribution in [2.45, 2.75) is 16.2 Å². The van der Waals surface area contributed by atoms with Crippen molar-refractivity contribution in [1.82, 2.24) is 4.98 Å². The van der Waals surface area contributed by atoms with Crippen LogP contribution in [0.25, 0.3) is 0 Å². The van der Waals surface area contributed by atoms with Gasteiger partial charge in [-0.05, 0) is 24.3 Å². The first-order valence-corrected chi connectivity index (χ1v) is 10.8. The molecule has 160 valence electrons. The molecule has 0 unspecified atom stereocenters. The van der Waals surface area contributed by atoms with Gasteiger partial charge in [0.2, 0.25) is 0 Å². The van der Waals surface area contributed by atoms with Crippen molar-refractivity contribution >= 4 is 23.3 Å². The van der Waals surface area contributed by atoms with E-state index >= 15 is 0 Å². The first-order chi connectivity index (χ1) is 13.3. The molecule has 1 aromatic carbocycles. The minimum atomic E-state index is 0. The SMILES string of the molecule is COCC[NH+]1CC[NH+](CCCN2c3ccccc3Sc3cccnc32)CC1.[Cl-].[Cl-]. The lowest BCUT2D eigenvalue weighted by atomic mass is 10.2. The van der Waals surface area contributed by atoms with Crippen LogP contribution < -0.4 is 39.5 Å². The second-order valence-electron chi connectivity index (χ2n) is 7.39. The van der Waals surface area contributed by atoms with Crippen molar-refractivity contribution in [2.24, 2.45) is 0 Å². The predicted molar refractivity (Wildman–Crippen MR) is 109 cm³/mol. The number of ether oxygens (including phenoxy) is 1. The molecule has 0 bridgehead atoms. The van der Waals surface area contributed by atoms with Crippen LogP contribution in [0.5, 0.6) is 0 Å². The summed E-state index contributed by atoms with van der Waals surface area (Å²) in [5.41, 5.74) is 1.30. The first-order valence-electron chi connectivity index (χ1n) is 10.0. The maximum Gasteiger partial charge on any atom is 0.147 e. The third-order valence-corrected chi connectivity index (χ3v) is 6.72. The minimum absolute atomic E-state index is 0. The number of nitrogens with one attached hydrogen (secondary N) is 2. The van der Waals surface area contributed by atoms with Gasteiger partial charge in [0.1, 0.15) is 38.5 Å². The van der Waals surface area contributed by atoms with E-state index in [1.54, 1.807) is 16.9 Å². The molecule has 2 aliphatic rings. The van der Waals surface area contributed by atoms with Crippen LogP contribution in [0.2, 0.25) is 0 Å². The molecule has 1 fully saturated rings. The van der Waals surface area contributed by atoms with Gasteiger partial charge in [0.15, 0.2) is 0 Å². The Kier molecular flexibility index (Phi) is 10.0. The van der Waals surface area contributed by atoms with E-state index in [0.717, 1.165) is 25.5 Å². The average Bonchev–Trinajstić information content (AvgIpc) is 2.72. The number of hydrogen-bond donors (Lipinski definition) is 2. The monoisotopic (exact) mass is 456 g/mol. The normalized spacial score (nSPS) is 20.1. The van der Waals surface area contributed by atoms with Crippen LogP contribution in [-0.4, -0.2) is 64.5 Å². The fraction of sp³-hybridized carbons (Fsp3) is 0.476. The summed E-state index contributed by atoms with van der Waals surface area (Å²) in [6.45, 7) is 9.40. The number of aromatic nitrogens is 1. The van der Waals surface area contributed by atoms with Gasteiger partial charge in [0.05, 0.1) is 23.7 Å². The molecule has 2 aromatic rings. The Morgan fingerprint density at radius 3 is 2.41 bits per heavy atom. The first kappa shape index (κ1) is 24.3. The molecule has 1 saturated heterocycles. The van der Waals surface area contributed by atoms with E-state index in [-0.39, 0.29) is 24.8 Å². The van der Waals surface area contributed by atoms with Gasteiger partial charge < -0.3 is 44.3 Å². The number of hydrogen-bond acceptors (Lipinski definition) is 4. The standard InChI is InChI=1S/C21H28N4OS.2ClH/c1-26-17-16-24-14-12-23(13-15-24)10-5-11-25-18-6-2-3-7-19(18)27-20-8-4-9-22-21(20)25;;/h2-4,6-9H,5,10-17H2,1H3;2*1H. The highest BCUT2D eigenvalue weighted by Crippen LogP contribution is 2.46. The number of methoxy groups -OCH3 is 1. The molecule has 29 heavy (non-hydrogen) atoms. The van der Waals surface area contributed by atoms with Crippen molar-refractivity contribution < 1.29 is 39.4 Å². The minimum Gasteiger partial charge on any atom is -1.00 e. The highest BCUT2D eigenvalue weighted by Gasteiger charge is 2.25. The lowest BCUT2D eigenvalue weighted by Gasteiger charge is -2.33. The highest BCUT2D eigenvalue weighted by atomic mass is 35.5. The summed E-state index contributed by atoms with van der Waals surface area (Å²) < 4.78 is 5.22. The third kappa shape index (κ3) is 6.00. The van der Waals surface area contributed by atoms with E-state index in [2.05, 4.69) is 40.2 Å². The van der Waals surface area contributed by atoms with Crippen LogP contribution in [0, 0.1) is 0 Å². The molecule has 0 saturated carbocycles. The molecule has 0 radical (unpaired) electrons. The van der Waals surface area contributed by atoms with Gasteiger partial charge in [-0.2, -0.15) is 0 Å². The van der Waals surface area contributed by atoms with Crippen molar-refractivity contribution in [3.8, 4) is 0 Å². The van der Waals surface area contributed by atoms with E-state index < -0.39 is 0 Å². The van der Waals surface area contributed by atoms with Crippen LogP contribution in [-0.2, 0) is 4.74 Å². The second kappa shape index (κ2) is 12.0. The number of fused-ring (bicyclic) bond motifs is 2. The Hall–Kier alpha value is -1.02. The Labute approximate surface area is 190 Å². The highest BCUT2D eigenvalue weighted by molar-refractivity contribution is 7.99. The van der Waals surface area contributed by atoms with Crippen LogP contribution in [0.4, 0.5) is 11.5 Å². The van der Waals surface area contributed by atoms with Crippen molar-refractivity contribution in [3.05, 3.63) is 42.6 Å². The maximum atomic E-state index is 5.22.